The maximum absolute atomic E-state index is 12.1. The molecule has 0 saturated carbocycles. The molecule has 1 aromatic heterocycles. The number of nitrogens with zero attached hydrogens (tertiary/aromatic N) is 1. The van der Waals surface area contributed by atoms with Crippen LogP contribution in [0.3, 0.4) is 0 Å². The van der Waals surface area contributed by atoms with E-state index in [4.69, 9.17) is 11.6 Å². The van der Waals surface area contributed by atoms with E-state index in [9.17, 15) is 8.42 Å². The van der Waals surface area contributed by atoms with Crippen molar-refractivity contribution in [2.45, 2.75) is 18.4 Å². The van der Waals surface area contributed by atoms with Crippen molar-refractivity contribution in [2.24, 2.45) is 0 Å². The van der Waals surface area contributed by atoms with Gasteiger partial charge in [0.2, 0.25) is 10.0 Å². The van der Waals surface area contributed by atoms with Gasteiger partial charge in [-0.1, -0.05) is 30.7 Å². The number of benzene rings is 1. The Balaban J connectivity index is 2.20. The largest absolute Gasteiger partial charge is 0.379 e. The molecule has 1 aromatic carbocycles. The molecule has 0 aliphatic heterocycles. The summed E-state index contributed by atoms with van der Waals surface area (Å²) in [7, 11) is -3.49. The van der Waals surface area contributed by atoms with Crippen LogP contribution >= 0.6 is 22.9 Å². The molecule has 0 saturated heterocycles. The van der Waals surface area contributed by atoms with Gasteiger partial charge in [0, 0.05) is 17.6 Å². The van der Waals surface area contributed by atoms with Gasteiger partial charge in [-0.2, -0.15) is 0 Å². The molecule has 8 heteroatoms. The number of halogens is 1. The summed E-state index contributed by atoms with van der Waals surface area (Å²) in [6.45, 7) is 2.57. The van der Waals surface area contributed by atoms with E-state index in [1.54, 1.807) is 37.4 Å². The van der Waals surface area contributed by atoms with Crippen LogP contribution in [0.25, 0.3) is 0 Å². The number of hydrogen-bond donors (Lipinski definition) is 2. The van der Waals surface area contributed by atoms with Gasteiger partial charge in [-0.05, 0) is 12.1 Å². The SMILES string of the molecule is CCNS(=O)(=O)c1ccccc1NCc1cnc(Cl)s1. The lowest BCUT2D eigenvalue weighted by Crippen LogP contribution is -2.24. The molecule has 0 radical (unpaired) electrons. The zero-order valence-corrected chi connectivity index (χ0v) is 13.1. The van der Waals surface area contributed by atoms with Crippen molar-refractivity contribution < 1.29 is 8.42 Å². The molecule has 0 fully saturated rings. The van der Waals surface area contributed by atoms with Crippen LogP contribution in [0, 0.1) is 0 Å². The van der Waals surface area contributed by atoms with E-state index >= 15 is 0 Å². The Bertz CT molecular complexity index is 686. The van der Waals surface area contributed by atoms with Gasteiger partial charge in [0.1, 0.15) is 4.90 Å². The second kappa shape index (κ2) is 6.53. The minimum absolute atomic E-state index is 0.234. The molecule has 0 aliphatic carbocycles. The first-order chi connectivity index (χ1) is 9.53. The molecule has 0 atom stereocenters. The van der Waals surface area contributed by atoms with Crippen LogP contribution in [-0.2, 0) is 16.6 Å². The topological polar surface area (TPSA) is 71.1 Å². The quantitative estimate of drug-likeness (QED) is 0.853. The fourth-order valence-corrected chi connectivity index (χ4v) is 3.80. The van der Waals surface area contributed by atoms with Crippen molar-refractivity contribution in [3.05, 3.63) is 39.8 Å². The van der Waals surface area contributed by atoms with Crippen LogP contribution in [0.5, 0.6) is 0 Å². The summed E-state index contributed by atoms with van der Waals surface area (Å²) >= 11 is 7.12. The van der Waals surface area contributed by atoms with Gasteiger partial charge in [-0.15, -0.1) is 11.3 Å². The minimum atomic E-state index is -3.49. The van der Waals surface area contributed by atoms with E-state index in [0.29, 0.717) is 23.2 Å². The molecule has 20 heavy (non-hydrogen) atoms. The van der Waals surface area contributed by atoms with Gasteiger partial charge >= 0.3 is 0 Å². The molecule has 0 bridgehead atoms. The fraction of sp³-hybridized carbons (Fsp3) is 0.250. The molecule has 1 heterocycles. The molecule has 2 N–H and O–H groups in total. The van der Waals surface area contributed by atoms with E-state index in [1.807, 2.05) is 0 Å². The number of nitrogens with one attached hydrogen (secondary N) is 2. The lowest BCUT2D eigenvalue weighted by molar-refractivity contribution is 0.584. The highest BCUT2D eigenvalue weighted by Crippen LogP contribution is 2.23. The maximum Gasteiger partial charge on any atom is 0.242 e. The molecule has 0 aliphatic rings. The molecule has 2 rings (SSSR count). The standard InChI is InChI=1S/C12H14ClN3O2S2/c1-2-16-20(17,18)11-6-4-3-5-10(11)14-7-9-8-15-12(13)19-9/h3-6,8,14,16H,2,7H2,1H3. The summed E-state index contributed by atoms with van der Waals surface area (Å²) in [6.07, 6.45) is 1.67. The van der Waals surface area contributed by atoms with Gasteiger partial charge < -0.3 is 5.32 Å². The predicted octanol–water partition coefficient (Wildman–Crippen LogP) is 2.71. The molecular formula is C12H14ClN3O2S2. The van der Waals surface area contributed by atoms with Crippen molar-refractivity contribution in [1.29, 1.82) is 0 Å². The minimum Gasteiger partial charge on any atom is -0.379 e. The van der Waals surface area contributed by atoms with Crippen molar-refractivity contribution in [3.63, 3.8) is 0 Å². The second-order valence-corrected chi connectivity index (χ2v) is 7.36. The Morgan fingerprint density at radius 1 is 1.35 bits per heavy atom. The molecule has 0 unspecified atom stereocenters. The molecule has 5 nitrogen and oxygen atoms in total. The van der Waals surface area contributed by atoms with Gasteiger partial charge in [0.15, 0.2) is 4.47 Å². The highest BCUT2D eigenvalue weighted by molar-refractivity contribution is 7.89. The Kier molecular flexibility index (Phi) is 4.98. The van der Waals surface area contributed by atoms with Gasteiger partial charge in [0.25, 0.3) is 0 Å². The number of sulfonamides is 1. The van der Waals surface area contributed by atoms with Crippen LogP contribution < -0.4 is 10.0 Å². The first-order valence-electron chi connectivity index (χ1n) is 5.95. The predicted molar refractivity (Wildman–Crippen MR) is 81.8 cm³/mol. The summed E-state index contributed by atoms with van der Waals surface area (Å²) in [5, 5.41) is 3.10. The van der Waals surface area contributed by atoms with Crippen LogP contribution in [0.4, 0.5) is 5.69 Å². The van der Waals surface area contributed by atoms with Gasteiger partial charge in [-0.25, -0.2) is 18.1 Å². The molecule has 2 aromatic rings. The van der Waals surface area contributed by atoms with Crippen LogP contribution in [0.15, 0.2) is 35.4 Å². The average Bonchev–Trinajstić information content (AvgIpc) is 2.82. The smallest absolute Gasteiger partial charge is 0.242 e. The molecule has 0 spiro atoms. The molecular weight excluding hydrogens is 318 g/mol. The first kappa shape index (κ1) is 15.2. The fourth-order valence-electron chi connectivity index (χ4n) is 1.66. The van der Waals surface area contributed by atoms with E-state index in [-0.39, 0.29) is 4.90 Å². The third-order valence-electron chi connectivity index (χ3n) is 2.49. The van der Waals surface area contributed by atoms with Crippen molar-refractivity contribution in [2.75, 3.05) is 11.9 Å². The summed E-state index contributed by atoms with van der Waals surface area (Å²) in [5.74, 6) is 0. The van der Waals surface area contributed by atoms with Gasteiger partial charge in [0.05, 0.1) is 12.2 Å². The van der Waals surface area contributed by atoms with Gasteiger partial charge in [-0.3, -0.25) is 0 Å². The Labute approximate surface area is 127 Å². The Morgan fingerprint density at radius 2 is 2.10 bits per heavy atom. The lowest BCUT2D eigenvalue weighted by Gasteiger charge is -2.11. The summed E-state index contributed by atoms with van der Waals surface area (Å²) in [4.78, 5) is 5.11. The molecule has 0 amide bonds. The van der Waals surface area contributed by atoms with Crippen LogP contribution in [0.1, 0.15) is 11.8 Å². The third kappa shape index (κ3) is 3.69. The third-order valence-corrected chi connectivity index (χ3v) is 5.21. The normalized spacial score (nSPS) is 11.5. The van der Waals surface area contributed by atoms with Crippen molar-refractivity contribution in [3.8, 4) is 0 Å². The number of rotatable bonds is 6. The Hall–Kier alpha value is -1.15. The number of thiazole rings is 1. The molecule has 108 valence electrons. The van der Waals surface area contributed by atoms with E-state index in [1.165, 1.54) is 11.3 Å². The van der Waals surface area contributed by atoms with E-state index < -0.39 is 10.0 Å². The van der Waals surface area contributed by atoms with Crippen molar-refractivity contribution >= 4 is 38.6 Å². The zero-order chi connectivity index (χ0) is 14.6. The monoisotopic (exact) mass is 331 g/mol. The zero-order valence-electron chi connectivity index (χ0n) is 10.8. The van der Waals surface area contributed by atoms with Crippen LogP contribution in [0.2, 0.25) is 4.47 Å². The number of anilines is 1. The maximum atomic E-state index is 12.1. The first-order valence-corrected chi connectivity index (χ1v) is 8.63. The summed E-state index contributed by atoms with van der Waals surface area (Å²) < 4.78 is 27.1. The highest BCUT2D eigenvalue weighted by atomic mass is 35.5. The number of hydrogen-bond acceptors (Lipinski definition) is 5. The van der Waals surface area contributed by atoms with Crippen LogP contribution in [-0.4, -0.2) is 19.9 Å². The Morgan fingerprint density at radius 3 is 2.75 bits per heavy atom. The van der Waals surface area contributed by atoms with E-state index in [2.05, 4.69) is 15.0 Å². The number of para-hydroxylation sites is 1. The summed E-state index contributed by atoms with van der Waals surface area (Å²) in [6, 6.07) is 6.78. The lowest BCUT2D eigenvalue weighted by atomic mass is 10.3. The average molecular weight is 332 g/mol. The second-order valence-electron chi connectivity index (χ2n) is 3.93. The van der Waals surface area contributed by atoms with E-state index in [0.717, 1.165) is 4.88 Å². The highest BCUT2D eigenvalue weighted by Gasteiger charge is 2.16. The van der Waals surface area contributed by atoms with Crippen molar-refractivity contribution in [1.82, 2.24) is 9.71 Å². The summed E-state index contributed by atoms with van der Waals surface area (Å²) in [5.41, 5.74) is 0.554. The number of aromatic nitrogens is 1.